The molecule has 10 nitrogen and oxygen atoms in total. The van der Waals surface area contributed by atoms with Gasteiger partial charge in [-0.25, -0.2) is 4.98 Å². The van der Waals surface area contributed by atoms with Gasteiger partial charge in [-0.2, -0.15) is 9.97 Å². The zero-order valence-electron chi connectivity index (χ0n) is 21.0. The van der Waals surface area contributed by atoms with Crippen molar-refractivity contribution in [2.75, 3.05) is 58.4 Å². The maximum Gasteiger partial charge on any atom is 0.324 e. The number of benzene rings is 1. The number of hydrogen-bond acceptors (Lipinski definition) is 10. The number of thiazole rings is 1. The third kappa shape index (κ3) is 6.19. The summed E-state index contributed by atoms with van der Waals surface area (Å²) in [6, 6.07) is 8.94. The zero-order chi connectivity index (χ0) is 25.8. The number of methoxy groups -OCH3 is 2. The summed E-state index contributed by atoms with van der Waals surface area (Å²) in [7, 11) is 3.01. The number of halogens is 1. The summed E-state index contributed by atoms with van der Waals surface area (Å²) >= 11 is 5.11. The van der Waals surface area contributed by atoms with Gasteiger partial charge in [0.05, 0.1) is 19.2 Å². The van der Waals surface area contributed by atoms with Crippen LogP contribution in [0.15, 0.2) is 34.1 Å². The molecule has 3 aromatic rings. The molecule has 0 aliphatic carbocycles. The molecular formula is C25H30BrN7O3S. The molecule has 0 N–H and O–H groups in total. The molecule has 0 unspecified atom stereocenters. The third-order valence-corrected chi connectivity index (χ3v) is 8.33. The highest BCUT2D eigenvalue weighted by Gasteiger charge is 2.28. The quantitative estimate of drug-likeness (QED) is 0.411. The van der Waals surface area contributed by atoms with Crippen LogP contribution in [0.3, 0.4) is 0 Å². The van der Waals surface area contributed by atoms with E-state index >= 15 is 0 Å². The number of aromatic nitrogens is 4. The summed E-state index contributed by atoms with van der Waals surface area (Å²) in [5.74, 6) is 0.886. The summed E-state index contributed by atoms with van der Waals surface area (Å²) in [6.07, 6.45) is 2.13. The van der Waals surface area contributed by atoms with Crippen molar-refractivity contribution in [2.24, 2.45) is 0 Å². The Kier molecular flexibility index (Phi) is 8.16. The molecule has 1 amide bonds. The normalized spacial score (nSPS) is 17.2. The van der Waals surface area contributed by atoms with Crippen molar-refractivity contribution < 1.29 is 14.3 Å². The molecule has 12 heteroatoms. The summed E-state index contributed by atoms with van der Waals surface area (Å²) in [6.45, 7) is 5.40. The summed E-state index contributed by atoms with van der Waals surface area (Å²) in [5, 5.41) is 2.99. The van der Waals surface area contributed by atoms with Crippen LogP contribution in [0.25, 0.3) is 0 Å². The number of carbonyl (C=O) groups excluding carboxylic acids is 1. The lowest BCUT2D eigenvalue weighted by atomic mass is 9.97. The highest BCUT2D eigenvalue weighted by molar-refractivity contribution is 9.10. The van der Waals surface area contributed by atoms with Gasteiger partial charge in [0.2, 0.25) is 5.95 Å². The number of piperidine rings is 1. The number of anilines is 1. The minimum Gasteiger partial charge on any atom is -0.467 e. The average molecular weight is 589 g/mol. The van der Waals surface area contributed by atoms with Crippen molar-refractivity contribution in [1.29, 1.82) is 0 Å². The lowest BCUT2D eigenvalue weighted by Crippen LogP contribution is -2.49. The number of amides is 1. The number of nitrogens with zero attached hydrogens (tertiary/aromatic N) is 7. The van der Waals surface area contributed by atoms with Crippen LogP contribution in [0.1, 0.15) is 39.8 Å². The van der Waals surface area contributed by atoms with E-state index in [0.717, 1.165) is 42.0 Å². The Labute approximate surface area is 228 Å². The van der Waals surface area contributed by atoms with Crippen LogP contribution in [0.4, 0.5) is 5.95 Å². The van der Waals surface area contributed by atoms with Gasteiger partial charge < -0.3 is 19.3 Å². The molecule has 196 valence electrons. The van der Waals surface area contributed by atoms with E-state index in [4.69, 9.17) is 14.5 Å². The topological polar surface area (TPSA) is 96.8 Å². The first-order chi connectivity index (χ1) is 18.0. The number of likely N-dealkylation sites (tertiary alicyclic amines) is 1. The van der Waals surface area contributed by atoms with E-state index in [2.05, 4.69) is 60.0 Å². The number of carbonyl (C=O) groups is 1. The molecule has 5 rings (SSSR count). The van der Waals surface area contributed by atoms with Crippen LogP contribution in [0.5, 0.6) is 12.0 Å². The lowest BCUT2D eigenvalue weighted by molar-refractivity contribution is 0.0740. The number of rotatable bonds is 7. The van der Waals surface area contributed by atoms with Gasteiger partial charge in [0, 0.05) is 48.5 Å². The van der Waals surface area contributed by atoms with Crippen LogP contribution in [0, 0.1) is 0 Å². The lowest BCUT2D eigenvalue weighted by Gasteiger charge is -2.34. The summed E-state index contributed by atoms with van der Waals surface area (Å²) in [4.78, 5) is 37.0. The van der Waals surface area contributed by atoms with Crippen LogP contribution in [0.2, 0.25) is 0 Å². The minimum atomic E-state index is -0.0133. The average Bonchev–Trinajstić information content (AvgIpc) is 3.44. The predicted molar refractivity (Wildman–Crippen MR) is 145 cm³/mol. The standard InChI is InChI=1S/C25H30BrN7O3S/c1-35-24-28-23(29-25(30-24)36-2)33-13-11-32(12-14-33)22(34)20-16-37-21(27-20)18-7-9-31(10-8-18)15-17-3-5-19(26)6-4-17/h3-6,16,18H,7-15H2,1-2H3. The van der Waals surface area contributed by atoms with Crippen LogP contribution >= 0.6 is 27.3 Å². The second-order valence-electron chi connectivity index (χ2n) is 9.14. The highest BCUT2D eigenvalue weighted by atomic mass is 79.9. The first-order valence-corrected chi connectivity index (χ1v) is 14.0. The highest BCUT2D eigenvalue weighted by Crippen LogP contribution is 2.31. The molecule has 2 aliphatic rings. The smallest absolute Gasteiger partial charge is 0.324 e. The molecule has 0 atom stereocenters. The van der Waals surface area contributed by atoms with Crippen molar-refractivity contribution in [3.8, 4) is 12.0 Å². The van der Waals surface area contributed by atoms with Gasteiger partial charge in [-0.05, 0) is 43.6 Å². The molecule has 2 fully saturated rings. The Hall–Kier alpha value is -2.83. The van der Waals surface area contributed by atoms with Crippen molar-refractivity contribution in [3.05, 3.63) is 50.4 Å². The first-order valence-electron chi connectivity index (χ1n) is 12.3. The molecule has 0 saturated carbocycles. The van der Waals surface area contributed by atoms with E-state index in [-0.39, 0.29) is 17.9 Å². The van der Waals surface area contributed by atoms with E-state index in [1.807, 2.05) is 15.2 Å². The largest absolute Gasteiger partial charge is 0.467 e. The van der Waals surface area contributed by atoms with Crippen molar-refractivity contribution in [3.63, 3.8) is 0 Å². The second-order valence-corrected chi connectivity index (χ2v) is 10.9. The number of hydrogen-bond donors (Lipinski definition) is 0. The molecule has 0 radical (unpaired) electrons. The fourth-order valence-corrected chi connectivity index (χ4v) is 5.91. The second kappa shape index (κ2) is 11.7. The van der Waals surface area contributed by atoms with Crippen LogP contribution < -0.4 is 14.4 Å². The molecule has 2 aromatic heterocycles. The van der Waals surface area contributed by atoms with Crippen LogP contribution in [-0.4, -0.2) is 89.1 Å². The van der Waals surface area contributed by atoms with Gasteiger partial charge >= 0.3 is 12.0 Å². The maximum atomic E-state index is 13.2. The molecule has 2 aliphatic heterocycles. The first kappa shape index (κ1) is 25.8. The van der Waals surface area contributed by atoms with Gasteiger partial charge in [-0.3, -0.25) is 9.69 Å². The van der Waals surface area contributed by atoms with Gasteiger partial charge in [0.15, 0.2) is 0 Å². The van der Waals surface area contributed by atoms with Crippen LogP contribution in [-0.2, 0) is 6.54 Å². The summed E-state index contributed by atoms with van der Waals surface area (Å²) < 4.78 is 11.4. The fraction of sp³-hybridized carbons (Fsp3) is 0.480. The van der Waals surface area contributed by atoms with E-state index in [1.54, 1.807) is 11.3 Å². The van der Waals surface area contributed by atoms with E-state index in [0.29, 0.717) is 43.7 Å². The molecule has 0 spiro atoms. The molecular weight excluding hydrogens is 558 g/mol. The fourth-order valence-electron chi connectivity index (χ4n) is 4.68. The van der Waals surface area contributed by atoms with Crippen molar-refractivity contribution >= 4 is 39.1 Å². The van der Waals surface area contributed by atoms with E-state index in [9.17, 15) is 4.79 Å². The van der Waals surface area contributed by atoms with Crippen molar-refractivity contribution in [1.82, 2.24) is 29.7 Å². The Morgan fingerprint density at radius 1 is 0.946 bits per heavy atom. The maximum absolute atomic E-state index is 13.2. The number of ether oxygens (including phenoxy) is 2. The Morgan fingerprint density at radius 2 is 1.59 bits per heavy atom. The number of piperazine rings is 1. The van der Waals surface area contributed by atoms with E-state index < -0.39 is 0 Å². The van der Waals surface area contributed by atoms with Gasteiger partial charge in [0.25, 0.3) is 5.91 Å². The van der Waals surface area contributed by atoms with E-state index in [1.165, 1.54) is 19.8 Å². The Balaban J connectivity index is 1.13. The zero-order valence-corrected chi connectivity index (χ0v) is 23.4. The van der Waals surface area contributed by atoms with Gasteiger partial charge in [-0.1, -0.05) is 28.1 Å². The summed E-state index contributed by atoms with van der Waals surface area (Å²) in [5.41, 5.74) is 1.88. The van der Waals surface area contributed by atoms with Gasteiger partial charge in [-0.15, -0.1) is 16.3 Å². The molecule has 0 bridgehead atoms. The molecule has 1 aromatic carbocycles. The van der Waals surface area contributed by atoms with Gasteiger partial charge in [0.1, 0.15) is 5.69 Å². The minimum absolute atomic E-state index is 0.0133. The third-order valence-electron chi connectivity index (χ3n) is 6.79. The predicted octanol–water partition coefficient (Wildman–Crippen LogP) is 3.45. The Bertz CT molecular complexity index is 1190. The van der Waals surface area contributed by atoms with Crippen molar-refractivity contribution in [2.45, 2.75) is 25.3 Å². The molecule has 4 heterocycles. The monoisotopic (exact) mass is 587 g/mol. The molecule has 37 heavy (non-hydrogen) atoms. The Morgan fingerprint density at radius 3 is 2.22 bits per heavy atom. The SMILES string of the molecule is COc1nc(OC)nc(N2CCN(C(=O)c3csc(C4CCN(Cc5ccc(Br)cc5)CC4)n3)CC2)n1. The molecule has 2 saturated heterocycles.